The van der Waals surface area contributed by atoms with Gasteiger partial charge in [-0.05, 0) is 74.3 Å². The van der Waals surface area contributed by atoms with Gasteiger partial charge in [-0.2, -0.15) is 5.26 Å². The molecule has 1 fully saturated rings. The summed E-state index contributed by atoms with van der Waals surface area (Å²) in [5, 5.41) is 8.62. The molecule has 1 heteroatoms. The van der Waals surface area contributed by atoms with E-state index in [-0.39, 0.29) is 0 Å². The van der Waals surface area contributed by atoms with Gasteiger partial charge in [0.25, 0.3) is 0 Å². The summed E-state index contributed by atoms with van der Waals surface area (Å²) >= 11 is 0. The monoisotopic (exact) mass is 337 g/mol. The van der Waals surface area contributed by atoms with Crippen LogP contribution < -0.4 is 0 Å². The molecule has 136 valence electrons. The van der Waals surface area contributed by atoms with Gasteiger partial charge >= 0.3 is 0 Å². The van der Waals surface area contributed by atoms with E-state index in [9.17, 15) is 0 Å². The SMILES string of the molecule is CCCCCCCc1ccc(CC[C@H]2CC[C@H](C=CC#N)CC2)cc1. The van der Waals surface area contributed by atoms with E-state index in [2.05, 4.69) is 43.3 Å². The summed E-state index contributed by atoms with van der Waals surface area (Å²) in [6, 6.07) is 11.5. The molecule has 0 spiro atoms. The zero-order chi connectivity index (χ0) is 17.7. The zero-order valence-electron chi connectivity index (χ0n) is 16.1. The van der Waals surface area contributed by atoms with Crippen LogP contribution in [-0.4, -0.2) is 0 Å². The fourth-order valence-corrected chi connectivity index (χ4v) is 4.02. The lowest BCUT2D eigenvalue weighted by molar-refractivity contribution is 0.296. The first-order valence-electron chi connectivity index (χ1n) is 10.5. The Hall–Kier alpha value is -1.55. The summed E-state index contributed by atoms with van der Waals surface area (Å²) < 4.78 is 0. The molecule has 2 rings (SSSR count). The van der Waals surface area contributed by atoms with Crippen LogP contribution in [-0.2, 0) is 12.8 Å². The Morgan fingerprint density at radius 3 is 2.20 bits per heavy atom. The summed E-state index contributed by atoms with van der Waals surface area (Å²) in [5.41, 5.74) is 3.01. The number of nitriles is 1. The van der Waals surface area contributed by atoms with E-state index >= 15 is 0 Å². The first kappa shape index (κ1) is 19.8. The lowest BCUT2D eigenvalue weighted by Crippen LogP contribution is -2.13. The molecule has 1 aliphatic rings. The average molecular weight is 338 g/mol. The standard InChI is InChI=1S/C24H35N/c1-2-3-4-5-6-8-21-10-14-23(15-11-21)18-19-24-16-12-22(13-17-24)9-7-20-25/h7,9-11,14-15,22,24H,2-6,8,12-13,16-19H2,1H3/t22-,24-. The Labute approximate surface area is 155 Å². The van der Waals surface area contributed by atoms with Crippen LogP contribution in [0.4, 0.5) is 0 Å². The third-order valence-corrected chi connectivity index (χ3v) is 5.77. The second kappa shape index (κ2) is 11.9. The van der Waals surface area contributed by atoms with Crippen molar-refractivity contribution in [2.24, 2.45) is 11.8 Å². The summed E-state index contributed by atoms with van der Waals surface area (Å²) in [5.74, 6) is 1.53. The van der Waals surface area contributed by atoms with Crippen molar-refractivity contribution in [2.75, 3.05) is 0 Å². The normalized spacial score (nSPS) is 20.6. The first-order valence-corrected chi connectivity index (χ1v) is 10.5. The van der Waals surface area contributed by atoms with Crippen LogP contribution in [0.15, 0.2) is 36.4 Å². The van der Waals surface area contributed by atoms with E-state index in [0.717, 1.165) is 5.92 Å². The Bertz CT molecular complexity index is 526. The van der Waals surface area contributed by atoms with Crippen molar-refractivity contribution in [2.45, 2.75) is 84.0 Å². The van der Waals surface area contributed by atoms with Crippen molar-refractivity contribution in [1.82, 2.24) is 0 Å². The van der Waals surface area contributed by atoms with Crippen LogP contribution in [0.25, 0.3) is 0 Å². The van der Waals surface area contributed by atoms with Crippen LogP contribution in [0.1, 0.15) is 82.3 Å². The van der Waals surface area contributed by atoms with Gasteiger partial charge in [0, 0.05) is 6.08 Å². The predicted octanol–water partition coefficient (Wildman–Crippen LogP) is 7.02. The van der Waals surface area contributed by atoms with Crippen molar-refractivity contribution < 1.29 is 0 Å². The largest absolute Gasteiger partial charge is 0.193 e. The number of rotatable bonds is 10. The Balaban J connectivity index is 1.63. The van der Waals surface area contributed by atoms with Crippen LogP contribution >= 0.6 is 0 Å². The van der Waals surface area contributed by atoms with Crippen molar-refractivity contribution in [3.63, 3.8) is 0 Å². The summed E-state index contributed by atoms with van der Waals surface area (Å²) in [6.07, 6.45) is 19.6. The van der Waals surface area contributed by atoms with E-state index in [4.69, 9.17) is 5.26 Å². The maximum Gasteiger partial charge on any atom is 0.0908 e. The van der Waals surface area contributed by atoms with Crippen LogP contribution in [0, 0.1) is 23.2 Å². The van der Waals surface area contributed by atoms with Gasteiger partial charge in [0.2, 0.25) is 0 Å². The Morgan fingerprint density at radius 2 is 1.56 bits per heavy atom. The second-order valence-electron chi connectivity index (χ2n) is 7.79. The highest BCUT2D eigenvalue weighted by Gasteiger charge is 2.19. The quantitative estimate of drug-likeness (QED) is 0.332. The topological polar surface area (TPSA) is 23.8 Å². The lowest BCUT2D eigenvalue weighted by atomic mass is 9.79. The first-order chi connectivity index (χ1) is 12.3. The minimum Gasteiger partial charge on any atom is -0.193 e. The molecule has 1 aliphatic carbocycles. The molecule has 0 aliphatic heterocycles. The number of nitrogens with zero attached hydrogens (tertiary/aromatic N) is 1. The van der Waals surface area contributed by atoms with Gasteiger partial charge < -0.3 is 0 Å². The highest BCUT2D eigenvalue weighted by molar-refractivity contribution is 5.22. The molecule has 0 unspecified atom stereocenters. The van der Waals surface area contributed by atoms with Gasteiger partial charge in [0.05, 0.1) is 6.07 Å². The Kier molecular flexibility index (Phi) is 9.42. The Morgan fingerprint density at radius 1 is 0.920 bits per heavy atom. The highest BCUT2D eigenvalue weighted by atomic mass is 14.3. The fourth-order valence-electron chi connectivity index (χ4n) is 4.02. The molecule has 0 amide bonds. The summed E-state index contributed by atoms with van der Waals surface area (Å²) in [6.45, 7) is 2.27. The zero-order valence-corrected chi connectivity index (χ0v) is 16.1. The summed E-state index contributed by atoms with van der Waals surface area (Å²) in [7, 11) is 0. The van der Waals surface area contributed by atoms with E-state index in [1.807, 2.05) is 0 Å². The number of allylic oxidation sites excluding steroid dienone is 2. The molecular weight excluding hydrogens is 302 g/mol. The van der Waals surface area contributed by atoms with E-state index in [1.54, 1.807) is 6.08 Å². The van der Waals surface area contributed by atoms with Gasteiger partial charge in [-0.3, -0.25) is 0 Å². The molecule has 0 aromatic heterocycles. The van der Waals surface area contributed by atoms with Crippen molar-refractivity contribution in [3.05, 3.63) is 47.5 Å². The van der Waals surface area contributed by atoms with E-state index in [1.165, 1.54) is 88.2 Å². The number of aryl methyl sites for hydroxylation is 2. The molecule has 0 bridgehead atoms. The van der Waals surface area contributed by atoms with E-state index in [0.29, 0.717) is 5.92 Å². The number of unbranched alkanes of at least 4 members (excludes halogenated alkanes) is 4. The predicted molar refractivity (Wildman–Crippen MR) is 107 cm³/mol. The number of benzene rings is 1. The molecule has 0 N–H and O–H groups in total. The lowest BCUT2D eigenvalue weighted by Gasteiger charge is -2.26. The van der Waals surface area contributed by atoms with Crippen molar-refractivity contribution in [3.8, 4) is 6.07 Å². The minimum absolute atomic E-state index is 0.646. The molecule has 1 saturated carbocycles. The molecule has 0 radical (unpaired) electrons. The van der Waals surface area contributed by atoms with Gasteiger partial charge in [-0.25, -0.2) is 0 Å². The van der Waals surface area contributed by atoms with Crippen LogP contribution in [0.5, 0.6) is 0 Å². The van der Waals surface area contributed by atoms with Gasteiger partial charge in [0.15, 0.2) is 0 Å². The molecular formula is C24H35N. The average Bonchev–Trinajstić information content (AvgIpc) is 2.66. The van der Waals surface area contributed by atoms with Crippen LogP contribution in [0.2, 0.25) is 0 Å². The maximum atomic E-state index is 8.62. The number of hydrogen-bond donors (Lipinski definition) is 0. The molecule has 1 aromatic rings. The highest BCUT2D eigenvalue weighted by Crippen LogP contribution is 2.32. The van der Waals surface area contributed by atoms with Crippen LogP contribution in [0.3, 0.4) is 0 Å². The number of hydrogen-bond acceptors (Lipinski definition) is 1. The minimum atomic E-state index is 0.646. The molecule has 1 aromatic carbocycles. The van der Waals surface area contributed by atoms with Gasteiger partial charge in [-0.15, -0.1) is 0 Å². The van der Waals surface area contributed by atoms with Gasteiger partial charge in [-0.1, -0.05) is 62.9 Å². The molecule has 1 nitrogen and oxygen atoms in total. The van der Waals surface area contributed by atoms with Crippen molar-refractivity contribution in [1.29, 1.82) is 5.26 Å². The van der Waals surface area contributed by atoms with E-state index < -0.39 is 0 Å². The fraction of sp³-hybridized carbons (Fsp3) is 0.625. The second-order valence-corrected chi connectivity index (χ2v) is 7.79. The molecule has 0 heterocycles. The van der Waals surface area contributed by atoms with Gasteiger partial charge in [0.1, 0.15) is 0 Å². The maximum absolute atomic E-state index is 8.62. The third-order valence-electron chi connectivity index (χ3n) is 5.77. The molecule has 0 saturated heterocycles. The molecule has 0 atom stereocenters. The molecule has 25 heavy (non-hydrogen) atoms. The van der Waals surface area contributed by atoms with Crippen molar-refractivity contribution >= 4 is 0 Å². The third kappa shape index (κ3) is 7.91. The smallest absolute Gasteiger partial charge is 0.0908 e. The summed E-state index contributed by atoms with van der Waals surface area (Å²) in [4.78, 5) is 0.